The molecule has 0 bridgehead atoms. The molecular weight excluding hydrogens is 395 g/mol. The van der Waals surface area contributed by atoms with E-state index in [4.69, 9.17) is 0 Å². The fraction of sp³-hybridized carbons (Fsp3) is 0.167. The molecule has 9 heteroatoms. The van der Waals surface area contributed by atoms with Crippen LogP contribution in [0.4, 0.5) is 18.3 Å². The number of rotatable bonds is 6. The Balaban J connectivity index is 1.75. The number of carbonyl (C=O) groups excluding carboxylic acids is 1. The maximum atomic E-state index is 13.0. The Hall–Kier alpha value is -2.39. The lowest BCUT2D eigenvalue weighted by atomic mass is 10.1. The van der Waals surface area contributed by atoms with Gasteiger partial charge >= 0.3 is 0 Å². The molecule has 3 aromatic rings. The smallest absolute Gasteiger partial charge is 0.290 e. The Morgan fingerprint density at radius 2 is 2.00 bits per heavy atom. The second-order valence-corrected chi connectivity index (χ2v) is 7.58. The zero-order valence-corrected chi connectivity index (χ0v) is 15.7. The number of aryl methyl sites for hydroxylation is 1. The van der Waals surface area contributed by atoms with Crippen LogP contribution in [-0.2, 0) is 6.42 Å². The van der Waals surface area contributed by atoms with Gasteiger partial charge in [-0.15, -0.1) is 11.3 Å². The van der Waals surface area contributed by atoms with Gasteiger partial charge < -0.3 is 0 Å². The molecule has 0 aliphatic rings. The number of alkyl halides is 2. The van der Waals surface area contributed by atoms with Crippen molar-refractivity contribution in [3.63, 3.8) is 0 Å². The first-order chi connectivity index (χ1) is 12.9. The summed E-state index contributed by atoms with van der Waals surface area (Å²) in [6.07, 6.45) is 1.91. The van der Waals surface area contributed by atoms with Crippen LogP contribution >= 0.6 is 23.1 Å². The van der Waals surface area contributed by atoms with Gasteiger partial charge in [0.15, 0.2) is 5.13 Å². The van der Waals surface area contributed by atoms with Crippen LogP contribution in [0.25, 0.3) is 0 Å². The normalized spacial score (nSPS) is 11.0. The third-order valence-corrected chi connectivity index (χ3v) is 5.41. The van der Waals surface area contributed by atoms with E-state index >= 15 is 0 Å². The summed E-state index contributed by atoms with van der Waals surface area (Å²) in [6.45, 7) is 1.81. The number of nitrogens with zero attached hydrogens (tertiary/aromatic N) is 2. The molecule has 2 aromatic heterocycles. The van der Waals surface area contributed by atoms with Crippen LogP contribution in [0, 0.1) is 12.7 Å². The number of thioether (sulfide) groups is 1. The Morgan fingerprint density at radius 1 is 1.26 bits per heavy atom. The molecule has 4 nitrogen and oxygen atoms in total. The number of carbonyl (C=O) groups is 1. The number of aromatic nitrogens is 2. The van der Waals surface area contributed by atoms with Crippen molar-refractivity contribution in [1.29, 1.82) is 0 Å². The minimum atomic E-state index is -2.67. The quantitative estimate of drug-likeness (QED) is 0.573. The molecule has 0 aliphatic carbocycles. The largest absolute Gasteiger partial charge is 0.298 e. The van der Waals surface area contributed by atoms with Crippen LogP contribution in [0.1, 0.15) is 26.5 Å². The molecule has 3 rings (SSSR count). The standard InChI is InChI=1S/C18H14F3N3OS2/c1-10-14(9-11-4-6-12(19)7-5-11)26-18(23-10)24-15(25)13-3-2-8-22-16(13)27-17(20)21/h2-8,17H,9H2,1H3,(H,23,24,25). The van der Waals surface area contributed by atoms with Crippen LogP contribution in [-0.4, -0.2) is 21.6 Å². The summed E-state index contributed by atoms with van der Waals surface area (Å²) >= 11 is 1.51. The molecule has 0 spiro atoms. The first-order valence-corrected chi connectivity index (χ1v) is 9.54. The second-order valence-electron chi connectivity index (χ2n) is 5.52. The molecule has 0 saturated carbocycles. The fourth-order valence-corrected chi connectivity index (χ4v) is 3.91. The summed E-state index contributed by atoms with van der Waals surface area (Å²) in [5, 5.41) is 2.97. The van der Waals surface area contributed by atoms with Crippen LogP contribution < -0.4 is 5.32 Å². The highest BCUT2D eigenvalue weighted by molar-refractivity contribution is 7.99. The van der Waals surface area contributed by atoms with Crippen molar-refractivity contribution in [1.82, 2.24) is 9.97 Å². The lowest BCUT2D eigenvalue weighted by molar-refractivity contribution is 0.102. The highest BCUT2D eigenvalue weighted by Crippen LogP contribution is 2.29. The molecule has 140 valence electrons. The molecule has 1 N–H and O–H groups in total. The zero-order valence-electron chi connectivity index (χ0n) is 14.1. The SMILES string of the molecule is Cc1nc(NC(=O)c2cccnc2SC(F)F)sc1Cc1ccc(F)cc1. The number of amides is 1. The number of hydrogen-bond donors (Lipinski definition) is 1. The highest BCUT2D eigenvalue weighted by atomic mass is 32.2. The summed E-state index contributed by atoms with van der Waals surface area (Å²) < 4.78 is 38.3. The topological polar surface area (TPSA) is 54.9 Å². The van der Waals surface area contributed by atoms with Crippen molar-refractivity contribution in [2.45, 2.75) is 24.1 Å². The van der Waals surface area contributed by atoms with E-state index < -0.39 is 11.7 Å². The van der Waals surface area contributed by atoms with Gasteiger partial charge in [-0.3, -0.25) is 10.1 Å². The van der Waals surface area contributed by atoms with E-state index in [1.54, 1.807) is 12.1 Å². The van der Waals surface area contributed by atoms with Gasteiger partial charge in [-0.2, -0.15) is 8.78 Å². The Kier molecular flexibility index (Phi) is 6.12. The first kappa shape index (κ1) is 19.4. The van der Waals surface area contributed by atoms with Gasteiger partial charge in [0.2, 0.25) is 0 Å². The van der Waals surface area contributed by atoms with E-state index in [-0.39, 0.29) is 28.2 Å². The van der Waals surface area contributed by atoms with Crippen LogP contribution in [0.2, 0.25) is 0 Å². The molecule has 0 radical (unpaired) electrons. The van der Waals surface area contributed by atoms with Crippen LogP contribution in [0.5, 0.6) is 0 Å². The molecular formula is C18H14F3N3OS2. The fourth-order valence-electron chi connectivity index (χ4n) is 2.34. The van der Waals surface area contributed by atoms with Gasteiger partial charge in [-0.05, 0) is 48.5 Å². The predicted octanol–water partition coefficient (Wildman–Crippen LogP) is 5.14. The van der Waals surface area contributed by atoms with Crippen molar-refractivity contribution in [3.05, 3.63) is 70.1 Å². The first-order valence-electron chi connectivity index (χ1n) is 7.84. The lowest BCUT2D eigenvalue weighted by Crippen LogP contribution is -2.13. The number of pyridine rings is 1. The summed E-state index contributed by atoms with van der Waals surface area (Å²) in [7, 11) is 0. The summed E-state index contributed by atoms with van der Waals surface area (Å²) in [5.74, 6) is -3.52. The van der Waals surface area contributed by atoms with E-state index in [2.05, 4.69) is 15.3 Å². The maximum absolute atomic E-state index is 13.0. The van der Waals surface area contributed by atoms with Crippen molar-refractivity contribution in [2.75, 3.05) is 5.32 Å². The third kappa shape index (κ3) is 5.08. The highest BCUT2D eigenvalue weighted by Gasteiger charge is 2.18. The van der Waals surface area contributed by atoms with E-state index in [0.29, 0.717) is 11.6 Å². The number of benzene rings is 1. The van der Waals surface area contributed by atoms with Gasteiger partial charge in [-0.1, -0.05) is 12.1 Å². The van der Waals surface area contributed by atoms with Gasteiger partial charge in [0.05, 0.1) is 11.3 Å². The predicted molar refractivity (Wildman–Crippen MR) is 100 cm³/mol. The lowest BCUT2D eigenvalue weighted by Gasteiger charge is -2.06. The van der Waals surface area contributed by atoms with Gasteiger partial charge in [0, 0.05) is 17.5 Å². The average molecular weight is 409 g/mol. The number of halogens is 3. The number of thiazole rings is 1. The van der Waals surface area contributed by atoms with E-state index in [1.807, 2.05) is 6.92 Å². The molecule has 0 atom stereocenters. The van der Waals surface area contributed by atoms with E-state index in [0.717, 1.165) is 16.1 Å². The molecule has 0 aliphatic heterocycles. The Bertz CT molecular complexity index is 945. The number of hydrogen-bond acceptors (Lipinski definition) is 5. The Labute approximate surface area is 161 Å². The van der Waals surface area contributed by atoms with Gasteiger partial charge in [0.25, 0.3) is 11.7 Å². The van der Waals surface area contributed by atoms with Crippen LogP contribution in [0.3, 0.4) is 0 Å². The molecule has 0 fully saturated rings. The minimum absolute atomic E-state index is 0.0372. The van der Waals surface area contributed by atoms with Crippen LogP contribution in [0.15, 0.2) is 47.6 Å². The van der Waals surface area contributed by atoms with Crippen molar-refractivity contribution < 1.29 is 18.0 Å². The van der Waals surface area contributed by atoms with Crippen molar-refractivity contribution in [2.24, 2.45) is 0 Å². The number of anilines is 1. The van der Waals surface area contributed by atoms with E-state index in [1.165, 1.54) is 41.8 Å². The Morgan fingerprint density at radius 3 is 2.70 bits per heavy atom. The van der Waals surface area contributed by atoms with Gasteiger partial charge in [0.1, 0.15) is 10.8 Å². The van der Waals surface area contributed by atoms with Crippen molar-refractivity contribution >= 4 is 34.1 Å². The monoisotopic (exact) mass is 409 g/mol. The minimum Gasteiger partial charge on any atom is -0.298 e. The molecule has 0 saturated heterocycles. The second kappa shape index (κ2) is 8.53. The molecule has 1 aromatic carbocycles. The zero-order chi connectivity index (χ0) is 19.4. The summed E-state index contributed by atoms with van der Waals surface area (Å²) in [6, 6.07) is 9.11. The molecule has 27 heavy (non-hydrogen) atoms. The summed E-state index contributed by atoms with van der Waals surface area (Å²) in [4.78, 5) is 21.5. The van der Waals surface area contributed by atoms with Crippen molar-refractivity contribution in [3.8, 4) is 0 Å². The van der Waals surface area contributed by atoms with Gasteiger partial charge in [-0.25, -0.2) is 14.4 Å². The maximum Gasteiger partial charge on any atom is 0.290 e. The van der Waals surface area contributed by atoms with E-state index in [9.17, 15) is 18.0 Å². The third-order valence-electron chi connectivity index (χ3n) is 3.61. The molecule has 0 unspecified atom stereocenters. The molecule has 2 heterocycles. The number of nitrogens with one attached hydrogen (secondary N) is 1. The molecule has 1 amide bonds. The average Bonchev–Trinajstić information content (AvgIpc) is 2.96. The summed E-state index contributed by atoms with van der Waals surface area (Å²) in [5.41, 5.74) is 1.73.